The first-order valence-corrected chi connectivity index (χ1v) is 9.06. The molecule has 0 amide bonds. The summed E-state index contributed by atoms with van der Waals surface area (Å²) in [4.78, 5) is 4.32. The van der Waals surface area contributed by atoms with Gasteiger partial charge in [0.1, 0.15) is 12.2 Å². The largest absolute Gasteiger partial charge is 0.356 e. The van der Waals surface area contributed by atoms with E-state index >= 15 is 0 Å². The zero-order chi connectivity index (χ0) is 16.9. The fourth-order valence-corrected chi connectivity index (χ4v) is 2.75. The Morgan fingerprint density at radius 2 is 2.04 bits per heavy atom. The van der Waals surface area contributed by atoms with Crippen molar-refractivity contribution < 1.29 is 0 Å². The average Bonchev–Trinajstić information content (AvgIpc) is 3.02. The van der Waals surface area contributed by atoms with Crippen LogP contribution in [-0.2, 0) is 13.0 Å². The standard InChI is InChI=1S/C17H34N6/c1-5-8-10-15(9-6-2)13-20-17(18-4)19-11-12-23-14-21-22-16(23)7-3/h14-15H,5-13H2,1-4H3,(H2,18,19,20). The van der Waals surface area contributed by atoms with Crippen LogP contribution < -0.4 is 10.6 Å². The summed E-state index contributed by atoms with van der Waals surface area (Å²) in [5.74, 6) is 2.65. The van der Waals surface area contributed by atoms with Gasteiger partial charge < -0.3 is 15.2 Å². The summed E-state index contributed by atoms with van der Waals surface area (Å²) in [5, 5.41) is 14.9. The van der Waals surface area contributed by atoms with Gasteiger partial charge in [0.25, 0.3) is 0 Å². The highest BCUT2D eigenvalue weighted by molar-refractivity contribution is 5.79. The molecule has 1 aromatic heterocycles. The molecule has 132 valence electrons. The Morgan fingerprint density at radius 1 is 1.22 bits per heavy atom. The van der Waals surface area contributed by atoms with Gasteiger partial charge in [0.05, 0.1) is 0 Å². The first-order valence-electron chi connectivity index (χ1n) is 9.06. The van der Waals surface area contributed by atoms with E-state index in [-0.39, 0.29) is 0 Å². The molecule has 6 heteroatoms. The van der Waals surface area contributed by atoms with Gasteiger partial charge in [-0.15, -0.1) is 10.2 Å². The third kappa shape index (κ3) is 7.48. The van der Waals surface area contributed by atoms with Crippen molar-refractivity contribution in [2.45, 2.75) is 65.8 Å². The molecule has 0 aliphatic carbocycles. The van der Waals surface area contributed by atoms with Gasteiger partial charge in [0.2, 0.25) is 0 Å². The van der Waals surface area contributed by atoms with E-state index in [0.717, 1.165) is 43.8 Å². The second-order valence-electron chi connectivity index (χ2n) is 5.97. The molecule has 1 unspecified atom stereocenters. The molecule has 1 heterocycles. The van der Waals surface area contributed by atoms with Crippen LogP contribution in [0.3, 0.4) is 0 Å². The maximum atomic E-state index is 4.32. The maximum absolute atomic E-state index is 4.32. The van der Waals surface area contributed by atoms with Gasteiger partial charge in [0, 0.05) is 33.1 Å². The summed E-state index contributed by atoms with van der Waals surface area (Å²) in [7, 11) is 1.83. The normalized spacial score (nSPS) is 13.1. The van der Waals surface area contributed by atoms with Gasteiger partial charge in [0.15, 0.2) is 5.96 Å². The van der Waals surface area contributed by atoms with Crippen molar-refractivity contribution in [2.24, 2.45) is 10.9 Å². The molecule has 6 nitrogen and oxygen atoms in total. The average molecular weight is 323 g/mol. The quantitative estimate of drug-likeness (QED) is 0.485. The summed E-state index contributed by atoms with van der Waals surface area (Å²) in [6.07, 6.45) is 9.11. The molecule has 0 radical (unpaired) electrons. The molecular weight excluding hydrogens is 288 g/mol. The van der Waals surface area contributed by atoms with Crippen molar-refractivity contribution in [1.82, 2.24) is 25.4 Å². The fraction of sp³-hybridized carbons (Fsp3) is 0.824. The van der Waals surface area contributed by atoms with Crippen LogP contribution in [0.5, 0.6) is 0 Å². The number of unbranched alkanes of at least 4 members (excludes halogenated alkanes) is 1. The van der Waals surface area contributed by atoms with E-state index in [1.807, 2.05) is 7.05 Å². The van der Waals surface area contributed by atoms with E-state index in [0.29, 0.717) is 0 Å². The number of aromatic nitrogens is 3. The molecule has 1 aromatic rings. The lowest BCUT2D eigenvalue weighted by molar-refractivity contribution is 0.423. The van der Waals surface area contributed by atoms with E-state index in [9.17, 15) is 0 Å². The second-order valence-corrected chi connectivity index (χ2v) is 5.97. The molecule has 0 aliphatic heterocycles. The molecule has 0 spiro atoms. The summed E-state index contributed by atoms with van der Waals surface area (Å²) >= 11 is 0. The van der Waals surface area contributed by atoms with Gasteiger partial charge in [-0.1, -0.05) is 40.0 Å². The van der Waals surface area contributed by atoms with Crippen LogP contribution in [0.25, 0.3) is 0 Å². The zero-order valence-corrected chi connectivity index (χ0v) is 15.3. The molecule has 0 fully saturated rings. The predicted molar refractivity (Wildman–Crippen MR) is 96.7 cm³/mol. The smallest absolute Gasteiger partial charge is 0.191 e. The van der Waals surface area contributed by atoms with E-state index in [2.05, 4.69) is 51.2 Å². The minimum atomic E-state index is 0.739. The molecule has 0 saturated carbocycles. The van der Waals surface area contributed by atoms with Crippen LogP contribution in [0.15, 0.2) is 11.3 Å². The topological polar surface area (TPSA) is 67.1 Å². The van der Waals surface area contributed by atoms with Gasteiger partial charge >= 0.3 is 0 Å². The van der Waals surface area contributed by atoms with Crippen LogP contribution in [0.2, 0.25) is 0 Å². The predicted octanol–water partition coefficient (Wildman–Crippen LogP) is 2.61. The number of aryl methyl sites for hydroxylation is 1. The molecule has 0 saturated heterocycles. The first-order chi connectivity index (χ1) is 11.2. The maximum Gasteiger partial charge on any atom is 0.191 e. The summed E-state index contributed by atoms with van der Waals surface area (Å²) in [6, 6.07) is 0. The van der Waals surface area contributed by atoms with E-state index in [1.54, 1.807) is 6.33 Å². The Balaban J connectivity index is 2.33. The first kappa shape index (κ1) is 19.5. The number of nitrogens with zero attached hydrogens (tertiary/aromatic N) is 4. The van der Waals surface area contributed by atoms with E-state index < -0.39 is 0 Å². The van der Waals surface area contributed by atoms with Crippen molar-refractivity contribution >= 4 is 5.96 Å². The van der Waals surface area contributed by atoms with E-state index in [1.165, 1.54) is 32.1 Å². The van der Waals surface area contributed by atoms with Crippen molar-refractivity contribution in [3.05, 3.63) is 12.2 Å². The van der Waals surface area contributed by atoms with Crippen LogP contribution in [-0.4, -0.2) is 40.9 Å². The number of guanidine groups is 1. The van der Waals surface area contributed by atoms with Crippen molar-refractivity contribution in [2.75, 3.05) is 20.1 Å². The Labute approximate surface area is 141 Å². The second kappa shape index (κ2) is 11.9. The molecule has 23 heavy (non-hydrogen) atoms. The van der Waals surface area contributed by atoms with Gasteiger partial charge in [-0.2, -0.15) is 0 Å². The molecular formula is C17H34N6. The molecule has 1 rings (SSSR count). The summed E-state index contributed by atoms with van der Waals surface area (Å²) in [6.45, 7) is 9.28. The lowest BCUT2D eigenvalue weighted by atomic mass is 9.97. The highest BCUT2D eigenvalue weighted by Gasteiger charge is 2.08. The number of rotatable bonds is 11. The highest BCUT2D eigenvalue weighted by atomic mass is 15.3. The lowest BCUT2D eigenvalue weighted by Gasteiger charge is -2.19. The molecule has 0 bridgehead atoms. The number of hydrogen-bond donors (Lipinski definition) is 2. The Hall–Kier alpha value is -1.59. The van der Waals surface area contributed by atoms with Crippen LogP contribution in [0.4, 0.5) is 0 Å². The zero-order valence-electron chi connectivity index (χ0n) is 15.3. The minimum Gasteiger partial charge on any atom is -0.356 e. The Kier molecular flexibility index (Phi) is 10.1. The SMILES string of the molecule is CCCCC(CCC)CNC(=NC)NCCn1cnnc1CC. The molecule has 2 N–H and O–H groups in total. The van der Waals surface area contributed by atoms with Gasteiger partial charge in [-0.25, -0.2) is 0 Å². The highest BCUT2D eigenvalue weighted by Crippen LogP contribution is 2.13. The molecule has 0 aliphatic rings. The van der Waals surface area contributed by atoms with Gasteiger partial charge in [-0.3, -0.25) is 4.99 Å². The van der Waals surface area contributed by atoms with Crippen LogP contribution in [0.1, 0.15) is 58.7 Å². The monoisotopic (exact) mass is 322 g/mol. The van der Waals surface area contributed by atoms with Crippen molar-refractivity contribution in [3.8, 4) is 0 Å². The fourth-order valence-electron chi connectivity index (χ4n) is 2.75. The Bertz CT molecular complexity index is 440. The molecule has 1 atom stereocenters. The Morgan fingerprint density at radius 3 is 2.70 bits per heavy atom. The third-order valence-corrected chi connectivity index (χ3v) is 4.10. The third-order valence-electron chi connectivity index (χ3n) is 4.10. The van der Waals surface area contributed by atoms with Crippen LogP contribution in [0, 0.1) is 5.92 Å². The number of nitrogens with one attached hydrogen (secondary N) is 2. The summed E-state index contributed by atoms with van der Waals surface area (Å²) < 4.78 is 2.08. The minimum absolute atomic E-state index is 0.739. The van der Waals surface area contributed by atoms with Gasteiger partial charge in [-0.05, 0) is 18.8 Å². The molecule has 0 aromatic carbocycles. The number of hydrogen-bond acceptors (Lipinski definition) is 3. The lowest BCUT2D eigenvalue weighted by Crippen LogP contribution is -2.41. The van der Waals surface area contributed by atoms with E-state index in [4.69, 9.17) is 0 Å². The summed E-state index contributed by atoms with van der Waals surface area (Å²) in [5.41, 5.74) is 0. The van der Waals surface area contributed by atoms with Crippen molar-refractivity contribution in [1.29, 1.82) is 0 Å². The van der Waals surface area contributed by atoms with Crippen molar-refractivity contribution in [3.63, 3.8) is 0 Å². The van der Waals surface area contributed by atoms with Crippen LogP contribution >= 0.6 is 0 Å². The number of aliphatic imine (C=N–C) groups is 1.